The average molecular weight is 312 g/mol. The summed E-state index contributed by atoms with van der Waals surface area (Å²) in [6.45, 7) is 7.84. The Kier molecular flexibility index (Phi) is 10.2. The van der Waals surface area contributed by atoms with Gasteiger partial charge in [0.2, 0.25) is 0 Å². The fourth-order valence-corrected chi connectivity index (χ4v) is 0.964. The third-order valence-corrected chi connectivity index (χ3v) is 1.60. The molecule has 0 saturated carbocycles. The molecule has 2 nitrogen and oxygen atoms in total. The van der Waals surface area contributed by atoms with Gasteiger partial charge in [-0.2, -0.15) is 0 Å². The molecular weight excluding hydrogens is 296 g/mol. The summed E-state index contributed by atoms with van der Waals surface area (Å²) >= 11 is 0. The van der Waals surface area contributed by atoms with E-state index in [1.165, 1.54) is 19.6 Å². The molecule has 1 aliphatic rings. The molecule has 0 aromatic rings. The first-order chi connectivity index (χ1) is 3.93. The molecule has 1 aliphatic heterocycles. The Bertz CT molecular complexity index is 62.6. The maximum atomic E-state index is 4.23. The molecule has 0 N–H and O–H groups in total. The quantitative estimate of drug-likeness (QED) is 0.664. The number of piperazine rings is 1. The van der Waals surface area contributed by atoms with E-state index in [4.69, 9.17) is 0 Å². The van der Waals surface area contributed by atoms with Crippen LogP contribution in [0.15, 0.2) is 0 Å². The van der Waals surface area contributed by atoms with Gasteiger partial charge >= 0.3 is 21.1 Å². The third kappa shape index (κ3) is 4.43. The number of rotatable bonds is 1. The van der Waals surface area contributed by atoms with Crippen LogP contribution in [0.3, 0.4) is 0 Å². The molecule has 0 radical (unpaired) electrons. The van der Waals surface area contributed by atoms with Crippen LogP contribution in [0.2, 0.25) is 0 Å². The number of nitrogens with zero attached hydrogens (tertiary/aromatic N) is 2. The van der Waals surface area contributed by atoms with Crippen LogP contribution in [-0.4, -0.2) is 37.6 Å². The van der Waals surface area contributed by atoms with Gasteiger partial charge in [-0.1, -0.05) is 6.92 Å². The Morgan fingerprint density at radius 1 is 1.30 bits per heavy atom. The largest absolute Gasteiger partial charge is 2.00 e. The molecule has 1 heterocycles. The Balaban J connectivity index is 0. The topological polar surface area (TPSA) is 17.3 Å². The van der Waals surface area contributed by atoms with Gasteiger partial charge in [0.1, 0.15) is 0 Å². The molecule has 60 valence electrons. The van der Waals surface area contributed by atoms with E-state index in [0.29, 0.717) is 0 Å². The summed E-state index contributed by atoms with van der Waals surface area (Å²) < 4.78 is 0. The van der Waals surface area contributed by atoms with Crippen molar-refractivity contribution in [2.45, 2.75) is 6.92 Å². The van der Waals surface area contributed by atoms with Crippen molar-refractivity contribution in [3.63, 3.8) is 0 Å². The molecular formula is C7H16N2W. The Hall–Kier alpha value is 0.608. The number of hydrogen-bond donors (Lipinski definition) is 0. The third-order valence-electron chi connectivity index (χ3n) is 1.60. The minimum atomic E-state index is 0. The maximum Gasteiger partial charge on any atom is 2.00 e. The van der Waals surface area contributed by atoms with Gasteiger partial charge in [0, 0.05) is 0 Å². The zero-order valence-corrected chi connectivity index (χ0v) is 9.77. The van der Waals surface area contributed by atoms with Crippen molar-refractivity contribution in [3.05, 3.63) is 12.7 Å². The molecule has 0 amide bonds. The van der Waals surface area contributed by atoms with Gasteiger partial charge in [-0.3, -0.25) is 0 Å². The molecule has 1 saturated heterocycles. The zero-order valence-electron chi connectivity index (χ0n) is 6.84. The monoisotopic (exact) mass is 312 g/mol. The summed E-state index contributed by atoms with van der Waals surface area (Å²) in [5.74, 6) is 0. The molecule has 3 heteroatoms. The molecule has 10 heavy (non-hydrogen) atoms. The second kappa shape index (κ2) is 7.71. The molecule has 0 aliphatic carbocycles. The Morgan fingerprint density at radius 3 is 2.10 bits per heavy atom. The Labute approximate surface area is 78.6 Å². The zero-order chi connectivity index (χ0) is 5.82. The van der Waals surface area contributed by atoms with Crippen LogP contribution in [0.1, 0.15) is 6.92 Å². The molecule has 0 aromatic carbocycles. The van der Waals surface area contributed by atoms with Gasteiger partial charge in [-0.15, -0.1) is 13.1 Å². The number of hydrogen-bond acceptors (Lipinski definition) is 1. The first-order valence-electron chi connectivity index (χ1n) is 3.29. The summed E-state index contributed by atoms with van der Waals surface area (Å²) in [4.78, 5) is 2.42. The van der Waals surface area contributed by atoms with Crippen molar-refractivity contribution in [1.82, 2.24) is 4.90 Å². The van der Waals surface area contributed by atoms with Crippen molar-refractivity contribution < 1.29 is 21.1 Å². The van der Waals surface area contributed by atoms with Crippen LogP contribution in [0.25, 0.3) is 5.32 Å². The predicted octanol–water partition coefficient (Wildman–Crippen LogP) is 1.14. The van der Waals surface area contributed by atoms with Crippen LogP contribution in [-0.2, 0) is 21.1 Å². The Morgan fingerprint density at radius 2 is 1.80 bits per heavy atom. The fourth-order valence-electron chi connectivity index (χ4n) is 0.964. The predicted molar refractivity (Wildman–Crippen MR) is 41.6 cm³/mol. The van der Waals surface area contributed by atoms with Crippen molar-refractivity contribution in [2.24, 2.45) is 0 Å². The van der Waals surface area contributed by atoms with Crippen LogP contribution >= 0.6 is 0 Å². The molecule has 0 atom stereocenters. The van der Waals surface area contributed by atoms with Crippen molar-refractivity contribution in [3.8, 4) is 0 Å². The normalized spacial score (nSPS) is 18.9. The molecule has 0 aromatic heterocycles. The standard InChI is InChI=1S/C6H13N2.CH3.W/c1-2-8-5-3-7-4-6-8;;/h2-6H2,1H3;1H3;/q2*-1;+2. The SMILES string of the molecule is CCN1CC[N-]CC1.[CH3-].[W+2]. The van der Waals surface area contributed by atoms with E-state index in [-0.39, 0.29) is 28.5 Å². The van der Waals surface area contributed by atoms with E-state index in [9.17, 15) is 0 Å². The van der Waals surface area contributed by atoms with Gasteiger partial charge in [-0.05, 0) is 19.6 Å². The summed E-state index contributed by atoms with van der Waals surface area (Å²) in [7, 11) is 0. The first-order valence-corrected chi connectivity index (χ1v) is 3.29. The van der Waals surface area contributed by atoms with Crippen molar-refractivity contribution >= 4 is 0 Å². The van der Waals surface area contributed by atoms with E-state index in [2.05, 4.69) is 17.1 Å². The summed E-state index contributed by atoms with van der Waals surface area (Å²) in [5.41, 5.74) is 0. The van der Waals surface area contributed by atoms with Gasteiger partial charge in [0.05, 0.1) is 0 Å². The number of likely N-dealkylation sites (N-methyl/N-ethyl adjacent to an activating group) is 1. The van der Waals surface area contributed by atoms with Crippen LogP contribution in [0.4, 0.5) is 0 Å². The minimum Gasteiger partial charge on any atom is -0.660 e. The van der Waals surface area contributed by atoms with E-state index in [1.54, 1.807) is 0 Å². The molecule has 1 rings (SSSR count). The van der Waals surface area contributed by atoms with Crippen LogP contribution in [0, 0.1) is 7.43 Å². The summed E-state index contributed by atoms with van der Waals surface area (Å²) in [6, 6.07) is 0. The van der Waals surface area contributed by atoms with E-state index in [1.807, 2.05) is 0 Å². The molecule has 0 bridgehead atoms. The second-order valence-corrected chi connectivity index (χ2v) is 2.11. The van der Waals surface area contributed by atoms with Gasteiger partial charge < -0.3 is 17.6 Å². The van der Waals surface area contributed by atoms with E-state index >= 15 is 0 Å². The summed E-state index contributed by atoms with van der Waals surface area (Å²) in [5, 5.41) is 4.23. The molecule has 0 spiro atoms. The molecule has 0 unspecified atom stereocenters. The maximum absolute atomic E-state index is 4.23. The van der Waals surface area contributed by atoms with Crippen molar-refractivity contribution in [1.29, 1.82) is 0 Å². The van der Waals surface area contributed by atoms with Gasteiger partial charge in [-0.25, -0.2) is 0 Å². The second-order valence-electron chi connectivity index (χ2n) is 2.11. The van der Waals surface area contributed by atoms with E-state index < -0.39 is 0 Å². The molecule has 1 fully saturated rings. The van der Waals surface area contributed by atoms with Gasteiger partial charge in [0.25, 0.3) is 0 Å². The van der Waals surface area contributed by atoms with Crippen LogP contribution in [0.5, 0.6) is 0 Å². The van der Waals surface area contributed by atoms with Gasteiger partial charge in [0.15, 0.2) is 0 Å². The average Bonchev–Trinajstić information content (AvgIpc) is 1.90. The summed E-state index contributed by atoms with van der Waals surface area (Å²) in [6.07, 6.45) is 0. The minimum absolute atomic E-state index is 0. The smallest absolute Gasteiger partial charge is 0.660 e. The fraction of sp³-hybridized carbons (Fsp3) is 0.857. The van der Waals surface area contributed by atoms with Crippen LogP contribution < -0.4 is 0 Å². The van der Waals surface area contributed by atoms with Crippen molar-refractivity contribution in [2.75, 3.05) is 32.7 Å². The first kappa shape index (κ1) is 13.2. The van der Waals surface area contributed by atoms with E-state index in [0.717, 1.165) is 13.1 Å².